The number of methoxy groups -OCH3 is 1. The molecule has 2 N–H and O–H groups in total. The number of hydrogen-bond acceptors (Lipinski definition) is 7. The van der Waals surface area contributed by atoms with Gasteiger partial charge in [-0.3, -0.25) is 0 Å². The summed E-state index contributed by atoms with van der Waals surface area (Å²) in [7, 11) is 1.58. The van der Waals surface area contributed by atoms with Crippen molar-refractivity contribution in [1.82, 2.24) is 4.98 Å². The maximum absolute atomic E-state index is 5.37. The van der Waals surface area contributed by atoms with E-state index >= 15 is 0 Å². The van der Waals surface area contributed by atoms with Crippen molar-refractivity contribution < 1.29 is 18.8 Å². The van der Waals surface area contributed by atoms with Gasteiger partial charge < -0.3 is 18.8 Å². The molecule has 27 heavy (non-hydrogen) atoms. The molecular weight excluding hydrogens is 346 g/mol. The fourth-order valence-electron chi connectivity index (χ4n) is 2.37. The van der Waals surface area contributed by atoms with E-state index in [2.05, 4.69) is 35.1 Å². The van der Waals surface area contributed by atoms with Gasteiger partial charge in [-0.25, -0.2) is 15.9 Å². The fraction of sp³-hybridized carbons (Fsp3) is 0.150. The van der Waals surface area contributed by atoms with Gasteiger partial charge in [0.15, 0.2) is 24.4 Å². The van der Waals surface area contributed by atoms with Crippen LogP contribution in [0.2, 0.25) is 0 Å². The van der Waals surface area contributed by atoms with Crippen LogP contribution in [0, 0.1) is 12.2 Å². The molecule has 2 aromatic carbocycles. The molecule has 1 heterocycles. The van der Waals surface area contributed by atoms with Gasteiger partial charge in [0, 0.05) is 6.07 Å². The van der Waals surface area contributed by atoms with E-state index in [0.29, 0.717) is 17.2 Å². The Morgan fingerprint density at radius 2 is 1.81 bits per heavy atom. The topological polar surface area (TPSA) is 77.8 Å². The Labute approximate surface area is 157 Å². The Morgan fingerprint density at radius 1 is 1.04 bits per heavy atom. The second-order valence-electron chi connectivity index (χ2n) is 5.45. The van der Waals surface area contributed by atoms with Crippen molar-refractivity contribution in [2.45, 2.75) is 13.3 Å². The molecule has 0 amide bonds. The molecule has 0 spiro atoms. The summed E-state index contributed by atoms with van der Waals surface area (Å²) < 4.78 is 10.7. The van der Waals surface area contributed by atoms with E-state index < -0.39 is 0 Å². The van der Waals surface area contributed by atoms with Crippen molar-refractivity contribution >= 4 is 11.4 Å². The maximum atomic E-state index is 5.37. The van der Waals surface area contributed by atoms with Crippen LogP contribution in [0.5, 0.6) is 5.75 Å². The van der Waals surface area contributed by atoms with Crippen molar-refractivity contribution in [2.75, 3.05) is 18.1 Å². The molecule has 0 aliphatic rings. The Bertz CT molecular complexity index is 930. The van der Waals surface area contributed by atoms with Crippen LogP contribution in [-0.4, -0.2) is 12.1 Å². The van der Waals surface area contributed by atoms with E-state index in [1.165, 1.54) is 12.0 Å². The molecule has 1 aromatic heterocycles. The summed E-state index contributed by atoms with van der Waals surface area (Å²) in [6.45, 7) is 2.09. The molecule has 7 heteroatoms. The van der Waals surface area contributed by atoms with E-state index in [4.69, 9.17) is 18.8 Å². The number of benzene rings is 2. The van der Waals surface area contributed by atoms with E-state index in [1.807, 2.05) is 30.3 Å². The van der Waals surface area contributed by atoms with Crippen LogP contribution in [-0.2, 0) is 16.1 Å². The van der Waals surface area contributed by atoms with Crippen LogP contribution in [0.1, 0.15) is 12.5 Å². The van der Waals surface area contributed by atoms with E-state index in [0.717, 1.165) is 17.7 Å². The van der Waals surface area contributed by atoms with Crippen LogP contribution < -0.4 is 15.7 Å². The first-order valence-corrected chi connectivity index (χ1v) is 8.29. The standard InChI is InChI=1S/C20H19N3O4/c1-3-15-5-4-6-16(11-15)22-26-9-10-27-23-17-7-8-18(19(12-17)24-2)20-13-21-14-25-20/h4-8,11-14,22-23H,3H2,1-2H3. The first kappa shape index (κ1) is 18.0. The Kier molecular flexibility index (Phi) is 6.04. The predicted molar refractivity (Wildman–Crippen MR) is 102 cm³/mol. The third kappa shape index (κ3) is 4.86. The van der Waals surface area contributed by atoms with Crippen molar-refractivity contribution in [3.05, 3.63) is 60.6 Å². The van der Waals surface area contributed by atoms with Crippen LogP contribution >= 0.6 is 0 Å². The van der Waals surface area contributed by atoms with Crippen molar-refractivity contribution in [3.63, 3.8) is 0 Å². The van der Waals surface area contributed by atoms with Gasteiger partial charge in [-0.2, -0.15) is 0 Å². The summed E-state index contributed by atoms with van der Waals surface area (Å²) in [5, 5.41) is 0. The molecule has 0 bridgehead atoms. The lowest BCUT2D eigenvalue weighted by atomic mass is 10.1. The van der Waals surface area contributed by atoms with E-state index in [1.54, 1.807) is 25.4 Å². The Hall–Kier alpha value is -3.79. The Balaban J connectivity index is 1.51. The monoisotopic (exact) mass is 365 g/mol. The summed E-state index contributed by atoms with van der Waals surface area (Å²) in [5.74, 6) is 1.23. The molecule has 0 radical (unpaired) electrons. The zero-order chi connectivity index (χ0) is 18.9. The number of rotatable bonds is 7. The van der Waals surface area contributed by atoms with Crippen molar-refractivity contribution in [1.29, 1.82) is 0 Å². The lowest BCUT2D eigenvalue weighted by Crippen LogP contribution is -1.99. The predicted octanol–water partition coefficient (Wildman–Crippen LogP) is 4.22. The average Bonchev–Trinajstić information content (AvgIpc) is 3.25. The summed E-state index contributed by atoms with van der Waals surface area (Å²) in [5.41, 5.74) is 8.92. The molecule has 7 nitrogen and oxygen atoms in total. The molecule has 3 aromatic rings. The van der Waals surface area contributed by atoms with Crippen LogP contribution in [0.4, 0.5) is 11.4 Å². The van der Waals surface area contributed by atoms with Crippen LogP contribution in [0.15, 0.2) is 59.5 Å². The number of aryl methyl sites for hydroxylation is 1. The highest BCUT2D eigenvalue weighted by atomic mass is 16.7. The zero-order valence-electron chi connectivity index (χ0n) is 15.0. The number of nitrogens with zero attached hydrogens (tertiary/aromatic N) is 1. The molecule has 0 saturated carbocycles. The highest BCUT2D eigenvalue weighted by Gasteiger charge is 2.09. The van der Waals surface area contributed by atoms with Gasteiger partial charge in [0.05, 0.1) is 30.2 Å². The SMILES string of the molecule is CCc1cccc(NOC#CONc2ccc(-c3cnco3)c(OC)c2)c1. The zero-order valence-corrected chi connectivity index (χ0v) is 15.0. The van der Waals surface area contributed by atoms with Gasteiger partial charge in [-0.15, -0.1) is 0 Å². The molecule has 0 fully saturated rings. The molecule has 0 aliphatic carbocycles. The third-order valence-electron chi connectivity index (χ3n) is 3.72. The summed E-state index contributed by atoms with van der Waals surface area (Å²) in [6, 6.07) is 13.3. The van der Waals surface area contributed by atoms with Gasteiger partial charge in [0.25, 0.3) is 0 Å². The lowest BCUT2D eigenvalue weighted by molar-refractivity contribution is 0.327. The largest absolute Gasteiger partial charge is 0.496 e. The van der Waals surface area contributed by atoms with Gasteiger partial charge in [0.2, 0.25) is 0 Å². The minimum atomic E-state index is 0.613. The van der Waals surface area contributed by atoms with Crippen molar-refractivity contribution in [2.24, 2.45) is 0 Å². The van der Waals surface area contributed by atoms with Gasteiger partial charge in [0.1, 0.15) is 5.75 Å². The van der Waals surface area contributed by atoms with E-state index in [9.17, 15) is 0 Å². The second kappa shape index (κ2) is 9.06. The highest BCUT2D eigenvalue weighted by molar-refractivity contribution is 5.69. The number of hydrogen-bond donors (Lipinski definition) is 2. The number of oxazole rings is 1. The lowest BCUT2D eigenvalue weighted by Gasteiger charge is -2.08. The number of anilines is 2. The molecule has 0 unspecified atom stereocenters. The summed E-state index contributed by atoms with van der Waals surface area (Å²) in [4.78, 5) is 14.0. The fourth-order valence-corrected chi connectivity index (χ4v) is 2.37. The van der Waals surface area contributed by atoms with Crippen molar-refractivity contribution in [3.8, 4) is 29.3 Å². The molecular formula is C20H19N3O4. The average molecular weight is 365 g/mol. The van der Waals surface area contributed by atoms with Gasteiger partial charge >= 0.3 is 0 Å². The molecule has 3 rings (SSSR count). The minimum Gasteiger partial charge on any atom is -0.496 e. The number of nitrogens with one attached hydrogen (secondary N) is 2. The second-order valence-corrected chi connectivity index (χ2v) is 5.45. The highest BCUT2D eigenvalue weighted by Crippen LogP contribution is 2.32. The molecule has 0 aliphatic heterocycles. The first-order chi connectivity index (χ1) is 13.3. The van der Waals surface area contributed by atoms with Crippen LogP contribution in [0.25, 0.3) is 11.3 Å². The number of aromatic nitrogens is 1. The van der Waals surface area contributed by atoms with Crippen LogP contribution in [0.3, 0.4) is 0 Å². The quantitative estimate of drug-likeness (QED) is 0.479. The molecule has 0 atom stereocenters. The smallest absolute Gasteiger partial charge is 0.192 e. The Morgan fingerprint density at radius 3 is 2.48 bits per heavy atom. The maximum Gasteiger partial charge on any atom is 0.192 e. The van der Waals surface area contributed by atoms with Gasteiger partial charge in [-0.1, -0.05) is 19.1 Å². The minimum absolute atomic E-state index is 0.613. The van der Waals surface area contributed by atoms with Gasteiger partial charge in [-0.05, 0) is 36.2 Å². The third-order valence-corrected chi connectivity index (χ3v) is 3.72. The summed E-state index contributed by atoms with van der Waals surface area (Å²) >= 11 is 0. The summed E-state index contributed by atoms with van der Waals surface area (Å²) in [6.07, 6.45) is 8.74. The molecule has 138 valence electrons. The normalized spacial score (nSPS) is 9.70. The molecule has 0 saturated heterocycles. The van der Waals surface area contributed by atoms with E-state index in [-0.39, 0.29) is 0 Å². The first-order valence-electron chi connectivity index (χ1n) is 8.29. The number of ether oxygens (including phenoxy) is 1.